The van der Waals surface area contributed by atoms with Gasteiger partial charge in [0, 0.05) is 17.6 Å². The van der Waals surface area contributed by atoms with Gasteiger partial charge in [-0.2, -0.15) is 12.7 Å². The molecule has 0 bridgehead atoms. The Balaban J connectivity index is 1.58. The predicted molar refractivity (Wildman–Crippen MR) is 102 cm³/mol. The number of aryl methyl sites for hydroxylation is 1. The van der Waals surface area contributed by atoms with Gasteiger partial charge in [0.2, 0.25) is 0 Å². The van der Waals surface area contributed by atoms with Crippen LogP contribution in [0.15, 0.2) is 22.7 Å². The van der Waals surface area contributed by atoms with Crippen molar-refractivity contribution < 1.29 is 27.6 Å². The Hall–Kier alpha value is -1.00. The van der Waals surface area contributed by atoms with E-state index in [0.29, 0.717) is 12.8 Å². The Kier molecular flexibility index (Phi) is 6.27. The lowest BCUT2D eigenvalue weighted by atomic mass is 9.89. The molecule has 1 aliphatic carbocycles. The Morgan fingerprint density at radius 2 is 1.78 bits per heavy atom. The average Bonchev–Trinajstić information content (AvgIpc) is 2.96. The summed E-state index contributed by atoms with van der Waals surface area (Å²) < 4.78 is 31.8. The molecular weight excluding hydrogens is 438 g/mol. The summed E-state index contributed by atoms with van der Waals surface area (Å²) in [6.45, 7) is 2.58. The molecule has 1 heterocycles. The van der Waals surface area contributed by atoms with E-state index < -0.39 is 34.4 Å². The summed E-state index contributed by atoms with van der Waals surface area (Å²) in [5.41, 5.74) is 2.32. The van der Waals surface area contributed by atoms with E-state index in [2.05, 4.69) is 22.0 Å². The number of carbonyl (C=O) groups excluding carboxylic acids is 1. The molecule has 2 N–H and O–H groups in total. The Morgan fingerprint density at radius 1 is 1.19 bits per heavy atom. The molecule has 1 unspecified atom stereocenters. The van der Waals surface area contributed by atoms with Gasteiger partial charge in [0.05, 0.1) is 18.1 Å². The maximum Gasteiger partial charge on any atom is 0.387 e. The second kappa shape index (κ2) is 8.16. The minimum Gasteiger partial charge on any atom is -0.390 e. The van der Waals surface area contributed by atoms with Crippen LogP contribution in [0.5, 0.6) is 0 Å². The van der Waals surface area contributed by atoms with Crippen molar-refractivity contribution in [2.24, 2.45) is 5.92 Å². The summed E-state index contributed by atoms with van der Waals surface area (Å²) in [6, 6.07) is 6.15. The largest absolute Gasteiger partial charge is 0.390 e. The lowest BCUT2D eigenvalue weighted by Crippen LogP contribution is -2.40. The van der Waals surface area contributed by atoms with Crippen molar-refractivity contribution in [3.05, 3.63) is 33.8 Å². The average molecular weight is 462 g/mol. The van der Waals surface area contributed by atoms with Gasteiger partial charge in [0.15, 0.2) is 0 Å². The third-order valence-electron chi connectivity index (χ3n) is 5.44. The Morgan fingerprint density at radius 3 is 2.33 bits per heavy atom. The van der Waals surface area contributed by atoms with E-state index in [1.54, 1.807) is 0 Å². The fourth-order valence-electron chi connectivity index (χ4n) is 3.74. The van der Waals surface area contributed by atoms with Crippen LogP contribution < -0.4 is 0 Å². The molecule has 0 aromatic heterocycles. The highest BCUT2D eigenvalue weighted by atomic mass is 79.9. The number of aliphatic hydroxyl groups is 2. The molecule has 1 saturated carbocycles. The number of hydrogen-bond acceptors (Lipinski definition) is 6. The lowest BCUT2D eigenvalue weighted by Gasteiger charge is -2.30. The summed E-state index contributed by atoms with van der Waals surface area (Å²) in [4.78, 5) is 12.1. The van der Waals surface area contributed by atoms with Gasteiger partial charge in [0.25, 0.3) is 0 Å². The van der Waals surface area contributed by atoms with Crippen LogP contribution in [0.25, 0.3) is 0 Å². The molecule has 1 aromatic rings. The molecule has 0 amide bonds. The summed E-state index contributed by atoms with van der Waals surface area (Å²) in [6.07, 6.45) is -0.705. The number of halogens is 1. The zero-order valence-corrected chi connectivity index (χ0v) is 17.4. The number of carbonyl (C=O) groups is 1. The maximum absolute atomic E-state index is 12.4. The van der Waals surface area contributed by atoms with Gasteiger partial charge in [-0.05, 0) is 55.7 Å². The van der Waals surface area contributed by atoms with Gasteiger partial charge >= 0.3 is 16.3 Å². The van der Waals surface area contributed by atoms with Crippen molar-refractivity contribution >= 4 is 32.2 Å². The molecule has 150 valence electrons. The molecule has 2 aliphatic rings. The van der Waals surface area contributed by atoms with Crippen LogP contribution in [0.3, 0.4) is 0 Å². The van der Waals surface area contributed by atoms with Gasteiger partial charge in [-0.15, -0.1) is 0 Å². The van der Waals surface area contributed by atoms with Crippen LogP contribution in [0.4, 0.5) is 0 Å². The number of rotatable bonds is 4. The highest BCUT2D eigenvalue weighted by molar-refractivity contribution is 9.10. The van der Waals surface area contributed by atoms with E-state index in [-0.39, 0.29) is 31.8 Å². The normalized spacial score (nSPS) is 27.6. The van der Waals surface area contributed by atoms with Gasteiger partial charge in [0.1, 0.15) is 0 Å². The highest BCUT2D eigenvalue weighted by Gasteiger charge is 2.40. The third-order valence-corrected chi connectivity index (χ3v) is 7.70. The smallest absolute Gasteiger partial charge is 0.387 e. The number of nitrogens with zero attached hydrogens (tertiary/aromatic N) is 1. The van der Waals surface area contributed by atoms with Gasteiger partial charge in [-0.3, -0.25) is 4.79 Å². The standard InChI is InChI=1S/C18H24BrNO6S/c1-11-8-13(2-3-15(11)19)12-4-6-20(7-5-12)27(24,25)26-18(23)14-9-16(21)17(22)10-14/h2-3,8,12,14,16-17,21-22H,4-7,9-10H2,1H3/t14?,16-,17+. The van der Waals surface area contributed by atoms with Gasteiger partial charge < -0.3 is 14.4 Å². The molecular formula is C18H24BrNO6S. The van der Waals surface area contributed by atoms with Crippen LogP contribution in [0.1, 0.15) is 42.7 Å². The van der Waals surface area contributed by atoms with Crippen LogP contribution in [0, 0.1) is 12.8 Å². The highest BCUT2D eigenvalue weighted by Crippen LogP contribution is 2.32. The minimum absolute atomic E-state index is 0.0144. The first kappa shape index (κ1) is 20.7. The van der Waals surface area contributed by atoms with Crippen molar-refractivity contribution in [3.8, 4) is 0 Å². The lowest BCUT2D eigenvalue weighted by molar-refractivity contribution is -0.138. The first-order valence-electron chi connectivity index (χ1n) is 9.03. The molecule has 9 heteroatoms. The molecule has 1 saturated heterocycles. The number of aliphatic hydroxyl groups excluding tert-OH is 2. The second-order valence-electron chi connectivity index (χ2n) is 7.35. The van der Waals surface area contributed by atoms with E-state index in [0.717, 1.165) is 10.0 Å². The predicted octanol–water partition coefficient (Wildman–Crippen LogP) is 1.86. The molecule has 3 atom stereocenters. The summed E-state index contributed by atoms with van der Waals surface area (Å²) in [5, 5.41) is 19.0. The van der Waals surface area contributed by atoms with Crippen molar-refractivity contribution in [3.63, 3.8) is 0 Å². The third kappa shape index (κ3) is 4.71. The summed E-state index contributed by atoms with van der Waals surface area (Å²) >= 11 is 3.48. The second-order valence-corrected chi connectivity index (χ2v) is 9.74. The van der Waals surface area contributed by atoms with E-state index in [4.69, 9.17) is 4.18 Å². The molecule has 27 heavy (non-hydrogen) atoms. The van der Waals surface area contributed by atoms with E-state index in [1.165, 1.54) is 9.87 Å². The van der Waals surface area contributed by atoms with Gasteiger partial charge in [-0.1, -0.05) is 28.1 Å². The molecule has 3 rings (SSSR count). The van der Waals surface area contributed by atoms with Crippen molar-refractivity contribution in [2.75, 3.05) is 13.1 Å². The molecule has 1 aliphatic heterocycles. The van der Waals surface area contributed by atoms with Crippen molar-refractivity contribution in [2.45, 2.75) is 50.7 Å². The summed E-state index contributed by atoms with van der Waals surface area (Å²) in [7, 11) is -4.16. The molecule has 7 nitrogen and oxygen atoms in total. The van der Waals surface area contributed by atoms with E-state index in [1.807, 2.05) is 19.1 Å². The van der Waals surface area contributed by atoms with Crippen LogP contribution in [-0.2, 0) is 19.3 Å². The van der Waals surface area contributed by atoms with E-state index in [9.17, 15) is 23.4 Å². The van der Waals surface area contributed by atoms with E-state index >= 15 is 0 Å². The fourth-order valence-corrected chi connectivity index (χ4v) is 5.10. The zero-order chi connectivity index (χ0) is 19.8. The van der Waals surface area contributed by atoms with Crippen molar-refractivity contribution in [1.29, 1.82) is 0 Å². The summed E-state index contributed by atoms with van der Waals surface area (Å²) in [5.74, 6) is -1.44. The SMILES string of the molecule is Cc1cc(C2CCN(S(=O)(=O)OC(=O)C3C[C@@H](O)[C@@H](O)C3)CC2)ccc1Br. The van der Waals surface area contributed by atoms with Crippen LogP contribution in [-0.4, -0.2) is 54.2 Å². The monoisotopic (exact) mass is 461 g/mol. The van der Waals surface area contributed by atoms with Crippen LogP contribution >= 0.6 is 15.9 Å². The topological polar surface area (TPSA) is 104 Å². The molecule has 2 fully saturated rings. The first-order valence-corrected chi connectivity index (χ1v) is 11.2. The number of benzene rings is 1. The fraction of sp³-hybridized carbons (Fsp3) is 0.611. The van der Waals surface area contributed by atoms with Crippen LogP contribution in [0.2, 0.25) is 0 Å². The first-order chi connectivity index (χ1) is 12.7. The minimum atomic E-state index is -4.16. The zero-order valence-electron chi connectivity index (χ0n) is 15.0. The maximum atomic E-state index is 12.4. The van der Waals surface area contributed by atoms with Crippen molar-refractivity contribution in [1.82, 2.24) is 4.31 Å². The quantitative estimate of drug-likeness (QED) is 0.708. The number of piperidine rings is 1. The Labute approximate surface area is 167 Å². The molecule has 0 spiro atoms. The molecule has 1 aromatic carbocycles. The Bertz CT molecular complexity index is 796. The van der Waals surface area contributed by atoms with Gasteiger partial charge in [-0.25, -0.2) is 0 Å². The number of hydrogen-bond donors (Lipinski definition) is 2. The molecule has 0 radical (unpaired) electrons.